The highest BCUT2D eigenvalue weighted by atomic mass is 16.7. The topological polar surface area (TPSA) is 175 Å². The zero-order chi connectivity index (χ0) is 57.5. The van der Waals surface area contributed by atoms with Crippen LogP contribution in [0.1, 0.15) is 258 Å². The molecular formula is C68H117NO10. The average Bonchev–Trinajstić information content (AvgIpc) is 3.47. The number of hydrogen-bond acceptors (Lipinski definition) is 10. The van der Waals surface area contributed by atoms with E-state index in [0.717, 1.165) is 96.3 Å². The van der Waals surface area contributed by atoms with Crippen LogP contribution in [0, 0.1) is 0 Å². The van der Waals surface area contributed by atoms with E-state index in [1.54, 1.807) is 6.08 Å². The van der Waals surface area contributed by atoms with Gasteiger partial charge >= 0.3 is 5.97 Å². The van der Waals surface area contributed by atoms with E-state index in [2.05, 4.69) is 74.7 Å². The van der Waals surface area contributed by atoms with Crippen LogP contribution in [0.25, 0.3) is 0 Å². The molecule has 0 aliphatic carbocycles. The number of unbranched alkanes of at least 4 members (excludes halogenated alkanes) is 28. The van der Waals surface area contributed by atoms with Crippen molar-refractivity contribution >= 4 is 11.9 Å². The molecule has 0 aromatic heterocycles. The second kappa shape index (κ2) is 55.1. The second-order valence-electron chi connectivity index (χ2n) is 21.8. The summed E-state index contributed by atoms with van der Waals surface area (Å²) >= 11 is 0. The van der Waals surface area contributed by atoms with Crippen molar-refractivity contribution in [3.05, 3.63) is 97.2 Å². The van der Waals surface area contributed by atoms with Crippen molar-refractivity contribution in [1.82, 2.24) is 5.32 Å². The highest BCUT2D eigenvalue weighted by molar-refractivity contribution is 5.80. The van der Waals surface area contributed by atoms with Gasteiger partial charge in [0, 0.05) is 6.42 Å². The number of nitrogens with one attached hydrogen (secondary N) is 1. The molecule has 1 saturated heterocycles. The summed E-state index contributed by atoms with van der Waals surface area (Å²) in [5.41, 5.74) is 0. The van der Waals surface area contributed by atoms with Crippen LogP contribution in [0.2, 0.25) is 0 Å². The lowest BCUT2D eigenvalue weighted by Gasteiger charge is -2.41. The molecule has 0 saturated carbocycles. The van der Waals surface area contributed by atoms with Crippen LogP contribution in [0.5, 0.6) is 0 Å². The summed E-state index contributed by atoms with van der Waals surface area (Å²) in [4.78, 5) is 26.5. The van der Waals surface area contributed by atoms with Gasteiger partial charge in [-0.2, -0.15) is 0 Å². The third-order valence-corrected chi connectivity index (χ3v) is 14.6. The predicted molar refractivity (Wildman–Crippen MR) is 329 cm³/mol. The van der Waals surface area contributed by atoms with E-state index in [4.69, 9.17) is 14.2 Å². The molecule has 1 aliphatic heterocycles. The van der Waals surface area contributed by atoms with Crippen LogP contribution in [0.4, 0.5) is 0 Å². The number of esters is 1. The number of rotatable bonds is 53. The fourth-order valence-corrected chi connectivity index (χ4v) is 9.49. The molecule has 8 atom stereocenters. The molecule has 0 spiro atoms. The maximum absolute atomic E-state index is 13.4. The normalized spacial score (nSPS) is 19.5. The Labute approximate surface area is 482 Å². The molecule has 1 heterocycles. The summed E-state index contributed by atoms with van der Waals surface area (Å²) in [5, 5.41) is 57.0. The number of hydrogen-bond donors (Lipinski definition) is 6. The molecule has 11 nitrogen and oxygen atoms in total. The fraction of sp³-hybridized carbons (Fsp3) is 0.735. The lowest BCUT2D eigenvalue weighted by Crippen LogP contribution is -2.61. The largest absolute Gasteiger partial charge is 0.454 e. The van der Waals surface area contributed by atoms with Gasteiger partial charge in [-0.15, -0.1) is 0 Å². The van der Waals surface area contributed by atoms with Crippen molar-refractivity contribution in [1.29, 1.82) is 0 Å². The van der Waals surface area contributed by atoms with E-state index in [1.165, 1.54) is 116 Å². The lowest BCUT2D eigenvalue weighted by molar-refractivity contribution is -0.305. The molecule has 1 fully saturated rings. The van der Waals surface area contributed by atoms with Crippen molar-refractivity contribution < 1.29 is 49.3 Å². The summed E-state index contributed by atoms with van der Waals surface area (Å²) in [7, 11) is 0. The minimum Gasteiger partial charge on any atom is -0.454 e. The quantitative estimate of drug-likeness (QED) is 0.0149. The fourth-order valence-electron chi connectivity index (χ4n) is 9.49. The lowest BCUT2D eigenvalue weighted by atomic mass is 9.99. The van der Waals surface area contributed by atoms with E-state index in [1.807, 2.05) is 42.5 Å². The second-order valence-corrected chi connectivity index (χ2v) is 21.8. The predicted octanol–water partition coefficient (Wildman–Crippen LogP) is 15.5. The third kappa shape index (κ3) is 43.0. The smallest absolute Gasteiger partial charge is 0.306 e. The van der Waals surface area contributed by atoms with Gasteiger partial charge in [0.15, 0.2) is 12.4 Å². The molecule has 0 radical (unpaired) electrons. The number of carbonyl (C=O) groups excluding carboxylic acids is 2. The number of aliphatic hydroxyl groups is 5. The van der Waals surface area contributed by atoms with Crippen molar-refractivity contribution in [2.45, 2.75) is 307 Å². The van der Waals surface area contributed by atoms with Gasteiger partial charge < -0.3 is 45.1 Å². The molecule has 79 heavy (non-hydrogen) atoms. The highest BCUT2D eigenvalue weighted by Crippen LogP contribution is 2.26. The average molecular weight is 1110 g/mol. The first-order valence-corrected chi connectivity index (χ1v) is 32.1. The number of amides is 1. The van der Waals surface area contributed by atoms with Crippen LogP contribution in [-0.2, 0) is 23.8 Å². The Morgan fingerprint density at radius 3 is 1.51 bits per heavy atom. The van der Waals surface area contributed by atoms with Gasteiger partial charge in [-0.05, 0) is 83.5 Å². The molecule has 1 aliphatic rings. The van der Waals surface area contributed by atoms with Crippen LogP contribution >= 0.6 is 0 Å². The summed E-state index contributed by atoms with van der Waals surface area (Å²) in [6.07, 6.45) is 63.0. The van der Waals surface area contributed by atoms with Crippen LogP contribution in [0.15, 0.2) is 97.2 Å². The molecule has 0 aromatic rings. The Morgan fingerprint density at radius 2 is 0.962 bits per heavy atom. The van der Waals surface area contributed by atoms with Crippen molar-refractivity contribution in [2.75, 3.05) is 13.2 Å². The maximum Gasteiger partial charge on any atom is 0.306 e. The van der Waals surface area contributed by atoms with Crippen LogP contribution in [0.3, 0.4) is 0 Å². The number of allylic oxidation sites excluding steroid dienone is 15. The molecular weight excluding hydrogens is 991 g/mol. The van der Waals surface area contributed by atoms with Crippen molar-refractivity contribution in [2.24, 2.45) is 0 Å². The minimum absolute atomic E-state index is 0.0932. The van der Waals surface area contributed by atoms with Gasteiger partial charge in [0.05, 0.1) is 25.4 Å². The molecule has 1 amide bonds. The first-order valence-electron chi connectivity index (χ1n) is 32.1. The van der Waals surface area contributed by atoms with Gasteiger partial charge in [0.25, 0.3) is 0 Å². The molecule has 0 aromatic carbocycles. The summed E-state index contributed by atoms with van der Waals surface area (Å²) < 4.78 is 17.6. The summed E-state index contributed by atoms with van der Waals surface area (Å²) in [5.74, 6) is -1.22. The molecule has 454 valence electrons. The molecule has 1 rings (SSSR count). The molecule has 6 N–H and O–H groups in total. The number of carbonyl (C=O) groups is 2. The van der Waals surface area contributed by atoms with E-state index < -0.39 is 67.4 Å². The Balaban J connectivity index is 2.62. The number of ether oxygens (including phenoxy) is 3. The van der Waals surface area contributed by atoms with E-state index in [0.29, 0.717) is 12.8 Å². The standard InChI is InChI=1S/C68H117NO10/c1-4-7-10-13-16-19-22-24-26-27-28-29-30-31-32-33-34-36-37-40-43-46-49-52-55-61(72)67(76)69-59(60(71)54-51-48-45-42-39-21-18-15-12-9-6-3)58-77-68-66(65(75)64(74)62(57-70)78-68)79-63(73)56-53-50-47-44-41-38-35-25-23-20-17-14-11-8-5-2/h8,11,14,16-17,19-20,23-26,28-29,35,51,54,59-62,64-66,68,70-72,74-75H,4-7,9-10,12-13,15,18,21-22,27,30-34,36-50,52-53,55-58H2,1-3H3,(H,69,76)/b11-8+,17-14+,19-16-,23-20+,26-24-,29-28-,35-25-,54-51+. The van der Waals surface area contributed by atoms with Crippen LogP contribution in [-0.4, -0.2) is 99.6 Å². The summed E-state index contributed by atoms with van der Waals surface area (Å²) in [6.45, 7) is 5.60. The van der Waals surface area contributed by atoms with E-state index in [-0.39, 0.29) is 19.4 Å². The Bertz CT molecular complexity index is 1650. The minimum atomic E-state index is -1.63. The first-order chi connectivity index (χ1) is 38.7. The molecule has 11 heteroatoms. The van der Waals surface area contributed by atoms with Gasteiger partial charge in [-0.1, -0.05) is 266 Å². The van der Waals surface area contributed by atoms with Gasteiger partial charge in [0.2, 0.25) is 5.91 Å². The summed E-state index contributed by atoms with van der Waals surface area (Å²) in [6, 6.07) is -1.04. The maximum atomic E-state index is 13.4. The van der Waals surface area contributed by atoms with Gasteiger partial charge in [0.1, 0.15) is 24.4 Å². The Kier molecular flexibility index (Phi) is 51.4. The third-order valence-electron chi connectivity index (χ3n) is 14.6. The first kappa shape index (κ1) is 73.6. The Morgan fingerprint density at radius 1 is 0.519 bits per heavy atom. The molecule has 0 bridgehead atoms. The number of aliphatic hydroxyl groups excluding tert-OH is 5. The van der Waals surface area contributed by atoms with E-state index in [9.17, 15) is 35.1 Å². The van der Waals surface area contributed by atoms with Gasteiger partial charge in [-0.25, -0.2) is 0 Å². The highest BCUT2D eigenvalue weighted by Gasteiger charge is 2.47. The SMILES string of the molecule is CC/C=C/C=C/C=C/C=C\CCCCCCCC(=O)OC1C(OCC(NC(=O)C(O)CCCCCCCCCCCCC/C=C\C/C=C\C/C=C\CCCCC)C(O)/C=C/CCCCCCCCCCC)OC(CO)C(O)C1O. The van der Waals surface area contributed by atoms with Crippen LogP contribution < -0.4 is 5.32 Å². The van der Waals surface area contributed by atoms with E-state index >= 15 is 0 Å². The van der Waals surface area contributed by atoms with Crippen molar-refractivity contribution in [3.8, 4) is 0 Å². The van der Waals surface area contributed by atoms with Crippen molar-refractivity contribution in [3.63, 3.8) is 0 Å². The Hall–Kier alpha value is -3.42. The monoisotopic (exact) mass is 1110 g/mol. The molecule has 8 unspecified atom stereocenters. The van der Waals surface area contributed by atoms with Gasteiger partial charge in [-0.3, -0.25) is 9.59 Å². The zero-order valence-electron chi connectivity index (χ0n) is 50.2. The zero-order valence-corrected chi connectivity index (χ0v) is 50.2.